The van der Waals surface area contributed by atoms with Crippen LogP contribution in [0, 0.1) is 0 Å². The third kappa shape index (κ3) is 6.32. The molecule has 0 spiro atoms. The molecule has 1 unspecified atom stereocenters. The molecule has 1 atom stereocenters. The van der Waals surface area contributed by atoms with Gasteiger partial charge in [-0.15, -0.1) is 0 Å². The van der Waals surface area contributed by atoms with Crippen molar-refractivity contribution in [1.29, 1.82) is 0 Å². The highest BCUT2D eigenvalue weighted by atomic mass is 16.5. The predicted octanol–water partition coefficient (Wildman–Crippen LogP) is 1.50. The molecule has 128 valence electrons. The average molecular weight is 323 g/mol. The number of likely N-dealkylation sites (tertiary alicyclic amines) is 1. The van der Waals surface area contributed by atoms with Gasteiger partial charge in [0, 0.05) is 39.2 Å². The van der Waals surface area contributed by atoms with Crippen molar-refractivity contribution in [3.05, 3.63) is 24.2 Å². The van der Waals surface area contributed by atoms with Crippen LogP contribution in [0.25, 0.3) is 0 Å². The molecule has 23 heavy (non-hydrogen) atoms. The first-order valence-corrected chi connectivity index (χ1v) is 8.05. The first kappa shape index (κ1) is 17.3. The van der Waals surface area contributed by atoms with E-state index in [1.807, 2.05) is 12.1 Å². The summed E-state index contributed by atoms with van der Waals surface area (Å²) in [5.74, 6) is 0.748. The molecule has 3 amide bonds. The number of piperidine rings is 1. The van der Waals surface area contributed by atoms with E-state index in [4.69, 9.17) is 9.15 Å². The fourth-order valence-corrected chi connectivity index (χ4v) is 2.62. The van der Waals surface area contributed by atoms with Crippen molar-refractivity contribution < 1.29 is 18.7 Å². The number of rotatable bonds is 7. The summed E-state index contributed by atoms with van der Waals surface area (Å²) in [5, 5.41) is 5.77. The molecule has 0 bridgehead atoms. The van der Waals surface area contributed by atoms with Crippen molar-refractivity contribution >= 4 is 11.9 Å². The Bertz CT molecular complexity index is 490. The van der Waals surface area contributed by atoms with Crippen LogP contribution in [0.15, 0.2) is 22.8 Å². The normalized spacial score (nSPS) is 17.8. The van der Waals surface area contributed by atoms with Crippen molar-refractivity contribution in [2.24, 2.45) is 0 Å². The minimum atomic E-state index is -0.0777. The van der Waals surface area contributed by atoms with Gasteiger partial charge in [-0.1, -0.05) is 0 Å². The summed E-state index contributed by atoms with van der Waals surface area (Å²) in [5.41, 5.74) is 0. The van der Waals surface area contributed by atoms with Crippen molar-refractivity contribution in [2.75, 3.05) is 26.2 Å². The maximum Gasteiger partial charge on any atom is 0.317 e. The second kappa shape index (κ2) is 9.19. The molecule has 1 saturated heterocycles. The van der Waals surface area contributed by atoms with Gasteiger partial charge in [0.05, 0.1) is 6.26 Å². The van der Waals surface area contributed by atoms with E-state index in [1.54, 1.807) is 11.2 Å². The highest BCUT2D eigenvalue weighted by Crippen LogP contribution is 2.10. The molecule has 2 rings (SSSR count). The summed E-state index contributed by atoms with van der Waals surface area (Å²) < 4.78 is 10.6. The second-order valence-electron chi connectivity index (χ2n) is 5.70. The molecule has 1 aliphatic heterocycles. The van der Waals surface area contributed by atoms with Crippen LogP contribution in [0.2, 0.25) is 0 Å². The van der Waals surface area contributed by atoms with E-state index in [9.17, 15) is 9.59 Å². The molecule has 0 radical (unpaired) electrons. The van der Waals surface area contributed by atoms with Gasteiger partial charge in [0.25, 0.3) is 0 Å². The molecular formula is C16H25N3O4. The lowest BCUT2D eigenvalue weighted by molar-refractivity contribution is -0.119. The third-order valence-electron chi connectivity index (χ3n) is 3.68. The van der Waals surface area contributed by atoms with E-state index in [0.717, 1.165) is 31.6 Å². The first-order valence-electron chi connectivity index (χ1n) is 8.05. The van der Waals surface area contributed by atoms with Gasteiger partial charge in [-0.3, -0.25) is 4.79 Å². The Morgan fingerprint density at radius 1 is 1.48 bits per heavy atom. The lowest BCUT2D eigenvalue weighted by atomic mass is 10.1. The fraction of sp³-hybridized carbons (Fsp3) is 0.625. The van der Waals surface area contributed by atoms with Gasteiger partial charge in [-0.05, 0) is 31.4 Å². The molecule has 7 heteroatoms. The van der Waals surface area contributed by atoms with Crippen molar-refractivity contribution in [3.63, 3.8) is 0 Å². The second-order valence-corrected chi connectivity index (χ2v) is 5.70. The number of hydrogen-bond acceptors (Lipinski definition) is 4. The zero-order valence-corrected chi connectivity index (χ0v) is 13.5. The largest absolute Gasteiger partial charge is 0.467 e. The van der Waals surface area contributed by atoms with Gasteiger partial charge >= 0.3 is 6.03 Å². The lowest BCUT2D eigenvalue weighted by Gasteiger charge is -2.33. The molecule has 0 saturated carbocycles. The summed E-state index contributed by atoms with van der Waals surface area (Å²) >= 11 is 0. The van der Waals surface area contributed by atoms with Crippen LogP contribution in [0.1, 0.15) is 31.9 Å². The van der Waals surface area contributed by atoms with Gasteiger partial charge in [0.2, 0.25) is 5.91 Å². The van der Waals surface area contributed by atoms with Crippen LogP contribution in [-0.2, 0) is 16.1 Å². The van der Waals surface area contributed by atoms with Gasteiger partial charge in [0.1, 0.15) is 12.4 Å². The van der Waals surface area contributed by atoms with Crippen LogP contribution < -0.4 is 10.6 Å². The maximum absolute atomic E-state index is 12.1. The number of carbonyl (C=O) groups is 2. The summed E-state index contributed by atoms with van der Waals surface area (Å²) in [6, 6.07) is 3.67. The molecule has 1 aromatic rings. The Hall–Kier alpha value is -2.02. The highest BCUT2D eigenvalue weighted by molar-refractivity contribution is 5.75. The smallest absolute Gasteiger partial charge is 0.317 e. The quantitative estimate of drug-likeness (QED) is 0.745. The molecule has 1 fully saturated rings. The van der Waals surface area contributed by atoms with Crippen LogP contribution in [0.4, 0.5) is 4.79 Å². The maximum atomic E-state index is 12.1. The van der Waals surface area contributed by atoms with Crippen LogP contribution in [-0.4, -0.2) is 49.1 Å². The molecule has 7 nitrogen and oxygen atoms in total. The minimum absolute atomic E-state index is 0.0500. The summed E-state index contributed by atoms with van der Waals surface area (Å²) in [7, 11) is 0. The summed E-state index contributed by atoms with van der Waals surface area (Å²) in [4.78, 5) is 24.9. The van der Waals surface area contributed by atoms with Crippen LogP contribution >= 0.6 is 0 Å². The third-order valence-corrected chi connectivity index (χ3v) is 3.68. The molecule has 0 aliphatic carbocycles. The summed E-state index contributed by atoms with van der Waals surface area (Å²) in [6.45, 7) is 4.39. The van der Waals surface area contributed by atoms with E-state index in [0.29, 0.717) is 26.3 Å². The monoisotopic (exact) mass is 323 g/mol. The number of carbonyl (C=O) groups excluding carboxylic acids is 2. The van der Waals surface area contributed by atoms with Crippen LogP contribution in [0.3, 0.4) is 0 Å². The number of hydrogen-bond donors (Lipinski definition) is 2. The topological polar surface area (TPSA) is 83.8 Å². The molecule has 0 aromatic carbocycles. The Labute approximate surface area is 136 Å². The van der Waals surface area contributed by atoms with E-state index >= 15 is 0 Å². The van der Waals surface area contributed by atoms with Gasteiger partial charge in [0.15, 0.2) is 0 Å². The molecule has 2 heterocycles. The van der Waals surface area contributed by atoms with Gasteiger partial charge in [-0.2, -0.15) is 0 Å². The van der Waals surface area contributed by atoms with E-state index in [-0.39, 0.29) is 18.0 Å². The number of nitrogens with zero attached hydrogens (tertiary/aromatic N) is 1. The fourth-order valence-electron chi connectivity index (χ4n) is 2.62. The molecule has 1 aromatic heterocycles. The zero-order valence-electron chi connectivity index (χ0n) is 13.5. The standard InChI is InChI=1S/C16H25N3O4/c1-13(20)18-14-5-2-8-19(11-14)16(21)17-7-4-9-22-12-15-6-3-10-23-15/h3,6,10,14H,2,4-5,7-9,11-12H2,1H3,(H,17,21)(H,18,20). The Kier molecular flexibility index (Phi) is 6.93. The SMILES string of the molecule is CC(=O)NC1CCCN(C(=O)NCCCOCc2ccco2)C1. The zero-order chi connectivity index (χ0) is 16.5. The van der Waals surface area contributed by atoms with Crippen molar-refractivity contribution in [1.82, 2.24) is 15.5 Å². The molecular weight excluding hydrogens is 298 g/mol. The highest BCUT2D eigenvalue weighted by Gasteiger charge is 2.23. The van der Waals surface area contributed by atoms with Crippen molar-refractivity contribution in [2.45, 2.75) is 38.8 Å². The Morgan fingerprint density at radius 2 is 2.35 bits per heavy atom. The van der Waals surface area contributed by atoms with Crippen molar-refractivity contribution in [3.8, 4) is 0 Å². The number of furan rings is 1. The first-order chi connectivity index (χ1) is 11.1. The Balaban J connectivity index is 1.56. The minimum Gasteiger partial charge on any atom is -0.467 e. The van der Waals surface area contributed by atoms with E-state index in [1.165, 1.54) is 6.92 Å². The van der Waals surface area contributed by atoms with E-state index < -0.39 is 0 Å². The number of nitrogens with one attached hydrogen (secondary N) is 2. The molecule has 1 aliphatic rings. The predicted molar refractivity (Wildman–Crippen MR) is 84.8 cm³/mol. The van der Waals surface area contributed by atoms with Crippen LogP contribution in [0.5, 0.6) is 0 Å². The van der Waals surface area contributed by atoms with Gasteiger partial charge in [-0.25, -0.2) is 4.79 Å². The lowest BCUT2D eigenvalue weighted by Crippen LogP contribution is -2.52. The Morgan fingerprint density at radius 3 is 3.09 bits per heavy atom. The number of amides is 3. The number of urea groups is 1. The van der Waals surface area contributed by atoms with Gasteiger partial charge < -0.3 is 24.7 Å². The average Bonchev–Trinajstić information content (AvgIpc) is 3.03. The van der Waals surface area contributed by atoms with E-state index in [2.05, 4.69) is 10.6 Å². The molecule has 2 N–H and O–H groups in total. The number of ether oxygens (including phenoxy) is 1. The summed E-state index contributed by atoms with van der Waals surface area (Å²) in [6.07, 6.45) is 4.19.